The first-order valence-electron chi connectivity index (χ1n) is 13.2. The molecule has 1 aliphatic rings. The van der Waals surface area contributed by atoms with Crippen LogP contribution in [0.4, 0.5) is 18.9 Å². The van der Waals surface area contributed by atoms with Crippen molar-refractivity contribution in [1.29, 1.82) is 0 Å². The lowest BCUT2D eigenvalue weighted by molar-refractivity contribution is -0.0435. The molecule has 1 atom stereocenters. The third-order valence-electron chi connectivity index (χ3n) is 6.57. The molecule has 1 heterocycles. The van der Waals surface area contributed by atoms with Crippen molar-refractivity contribution in [3.05, 3.63) is 84.4 Å². The number of sulfonamides is 1. The van der Waals surface area contributed by atoms with Gasteiger partial charge in [-0.05, 0) is 48.9 Å². The molecule has 0 aliphatic carbocycles. The summed E-state index contributed by atoms with van der Waals surface area (Å²) in [6.45, 7) is 3.07. The van der Waals surface area contributed by atoms with Crippen molar-refractivity contribution < 1.29 is 39.5 Å². The molecule has 43 heavy (non-hydrogen) atoms. The van der Waals surface area contributed by atoms with E-state index in [4.69, 9.17) is 4.74 Å². The maximum Gasteiger partial charge on any atom is 0.501 e. The number of morpholine rings is 1. The van der Waals surface area contributed by atoms with Crippen molar-refractivity contribution in [1.82, 2.24) is 9.62 Å². The summed E-state index contributed by atoms with van der Waals surface area (Å²) in [6.07, 6.45) is 0.457. The number of nitrogens with one attached hydrogen (secondary N) is 2. The molecular formula is C28H30F3N3O6S3. The Morgan fingerprint density at radius 3 is 2.19 bits per heavy atom. The molecule has 0 bridgehead atoms. The second-order valence-corrected chi connectivity index (χ2v) is 14.3. The monoisotopic (exact) mass is 657 g/mol. The number of carbonyl (C=O) groups excluding carboxylic acids is 1. The largest absolute Gasteiger partial charge is 0.501 e. The number of nitrogens with zero attached hydrogens (tertiary/aromatic N) is 1. The highest BCUT2D eigenvalue weighted by atomic mass is 32.2. The molecule has 1 amide bonds. The molecule has 2 N–H and O–H groups in total. The van der Waals surface area contributed by atoms with Crippen molar-refractivity contribution in [3.8, 4) is 0 Å². The van der Waals surface area contributed by atoms with E-state index in [0.29, 0.717) is 51.1 Å². The molecule has 9 nitrogen and oxygen atoms in total. The number of benzene rings is 3. The lowest BCUT2D eigenvalue weighted by Crippen LogP contribution is -2.39. The average molecular weight is 658 g/mol. The van der Waals surface area contributed by atoms with E-state index >= 15 is 0 Å². The molecule has 4 rings (SSSR count). The minimum absolute atomic E-state index is 0.00785. The summed E-state index contributed by atoms with van der Waals surface area (Å²) in [6, 6.07) is 18.5. The zero-order chi connectivity index (χ0) is 31.1. The topological polar surface area (TPSA) is 122 Å². The Morgan fingerprint density at radius 2 is 1.56 bits per heavy atom. The Balaban J connectivity index is 1.65. The van der Waals surface area contributed by atoms with Crippen LogP contribution in [0, 0.1) is 0 Å². The van der Waals surface area contributed by atoms with Gasteiger partial charge in [-0.3, -0.25) is 9.69 Å². The second kappa shape index (κ2) is 14.1. The van der Waals surface area contributed by atoms with Crippen molar-refractivity contribution in [2.75, 3.05) is 43.9 Å². The molecule has 15 heteroatoms. The lowest BCUT2D eigenvalue weighted by atomic mass is 10.2. The van der Waals surface area contributed by atoms with E-state index in [-0.39, 0.29) is 5.56 Å². The van der Waals surface area contributed by atoms with Crippen molar-refractivity contribution in [2.24, 2.45) is 0 Å². The number of hydrogen-bond donors (Lipinski definition) is 2. The maximum absolute atomic E-state index is 13.8. The van der Waals surface area contributed by atoms with E-state index < -0.39 is 52.8 Å². The fourth-order valence-electron chi connectivity index (χ4n) is 4.26. The Labute approximate surface area is 252 Å². The van der Waals surface area contributed by atoms with Gasteiger partial charge >= 0.3 is 5.51 Å². The van der Waals surface area contributed by atoms with Gasteiger partial charge in [-0.15, -0.1) is 11.8 Å². The Bertz CT molecular complexity index is 1600. The molecule has 0 aromatic heterocycles. The number of hydrogen-bond acceptors (Lipinski definition) is 9. The fourth-order valence-corrected chi connectivity index (χ4v) is 7.28. The molecule has 1 aliphatic heterocycles. The normalized spacial score (nSPS) is 15.5. The molecule has 0 radical (unpaired) electrons. The van der Waals surface area contributed by atoms with E-state index in [2.05, 4.69) is 10.2 Å². The van der Waals surface area contributed by atoms with E-state index in [0.717, 1.165) is 17.0 Å². The fraction of sp³-hybridized carbons (Fsp3) is 0.321. The molecule has 1 unspecified atom stereocenters. The average Bonchev–Trinajstić information content (AvgIpc) is 2.99. The lowest BCUT2D eigenvalue weighted by Gasteiger charge is -2.29. The zero-order valence-electron chi connectivity index (χ0n) is 22.8. The van der Waals surface area contributed by atoms with Gasteiger partial charge < -0.3 is 10.1 Å². The quantitative estimate of drug-likeness (QED) is 0.273. The highest BCUT2D eigenvalue weighted by molar-refractivity contribution is 7.99. The van der Waals surface area contributed by atoms with E-state index in [1.54, 1.807) is 10.8 Å². The molecule has 1 saturated heterocycles. The molecule has 3 aromatic rings. The third-order valence-corrected chi connectivity index (χ3v) is 10.6. The zero-order valence-corrected chi connectivity index (χ0v) is 25.2. The highest BCUT2D eigenvalue weighted by Crippen LogP contribution is 2.36. The van der Waals surface area contributed by atoms with Gasteiger partial charge in [-0.25, -0.2) is 21.6 Å². The number of thioether (sulfide) groups is 1. The molecule has 232 valence electrons. The molecule has 0 saturated carbocycles. The predicted octanol–water partition coefficient (Wildman–Crippen LogP) is 4.39. The molecular weight excluding hydrogens is 628 g/mol. The maximum atomic E-state index is 13.8. The van der Waals surface area contributed by atoms with Crippen LogP contribution in [0.2, 0.25) is 0 Å². The van der Waals surface area contributed by atoms with Crippen LogP contribution in [0.1, 0.15) is 16.8 Å². The van der Waals surface area contributed by atoms with Crippen LogP contribution in [0.5, 0.6) is 0 Å². The van der Waals surface area contributed by atoms with E-state index in [1.165, 1.54) is 36.0 Å². The third kappa shape index (κ3) is 8.72. The van der Waals surface area contributed by atoms with Crippen molar-refractivity contribution >= 4 is 43.2 Å². The number of ether oxygens (including phenoxy) is 1. The van der Waals surface area contributed by atoms with Gasteiger partial charge in [0, 0.05) is 41.9 Å². The summed E-state index contributed by atoms with van der Waals surface area (Å²) in [7, 11) is -10.7. The first kappa shape index (κ1) is 32.8. The highest BCUT2D eigenvalue weighted by Gasteiger charge is 2.48. The minimum atomic E-state index is -5.99. The minimum Gasteiger partial charge on any atom is -0.380 e. The van der Waals surface area contributed by atoms with Gasteiger partial charge in [0.15, 0.2) is 0 Å². The molecule has 3 aromatic carbocycles. The van der Waals surface area contributed by atoms with Crippen LogP contribution in [0.3, 0.4) is 0 Å². The van der Waals surface area contributed by atoms with Gasteiger partial charge in [0.05, 0.1) is 23.8 Å². The second-order valence-electron chi connectivity index (χ2n) is 9.62. The standard InChI is InChI=1S/C28H30F3N3O6S3/c29-28(30,31)42(36,37)26-19-24(43(38,39)33-27(35)21-7-3-1-4-8-21)11-12-25(26)32-22(13-14-34-15-17-40-18-16-34)20-41-23-9-5-2-6-10-23/h1-12,19,22,32H,13-18,20H2,(H,33,35). The van der Waals surface area contributed by atoms with Crippen LogP contribution < -0.4 is 10.0 Å². The Hall–Kier alpha value is -3.11. The van der Waals surface area contributed by atoms with Crippen LogP contribution in [-0.4, -0.2) is 77.8 Å². The first-order chi connectivity index (χ1) is 20.4. The van der Waals surface area contributed by atoms with Gasteiger partial charge in [-0.2, -0.15) is 13.2 Å². The number of amides is 1. The summed E-state index contributed by atoms with van der Waals surface area (Å²) in [5.41, 5.74) is -6.11. The first-order valence-corrected chi connectivity index (χ1v) is 17.1. The SMILES string of the molecule is O=C(NS(=O)(=O)c1ccc(NC(CCN2CCOCC2)CSc2ccccc2)c(S(=O)(=O)C(F)(F)F)c1)c1ccccc1. The number of halogens is 3. The van der Waals surface area contributed by atoms with Gasteiger partial charge in [-0.1, -0.05) is 36.4 Å². The van der Waals surface area contributed by atoms with Gasteiger partial charge in [0.1, 0.15) is 4.90 Å². The van der Waals surface area contributed by atoms with E-state index in [1.807, 2.05) is 30.3 Å². The summed E-state index contributed by atoms with van der Waals surface area (Å²) in [4.78, 5) is 13.5. The number of carbonyl (C=O) groups is 1. The van der Waals surface area contributed by atoms with Crippen LogP contribution in [0.15, 0.2) is 93.5 Å². The van der Waals surface area contributed by atoms with Gasteiger partial charge in [0.25, 0.3) is 25.8 Å². The predicted molar refractivity (Wildman–Crippen MR) is 157 cm³/mol. The smallest absolute Gasteiger partial charge is 0.380 e. The molecule has 1 fully saturated rings. The summed E-state index contributed by atoms with van der Waals surface area (Å²) in [5.74, 6) is -0.642. The van der Waals surface area contributed by atoms with Crippen LogP contribution in [0.25, 0.3) is 0 Å². The number of alkyl halides is 3. The van der Waals surface area contributed by atoms with E-state index in [9.17, 15) is 34.8 Å². The van der Waals surface area contributed by atoms with Gasteiger partial charge in [0.2, 0.25) is 0 Å². The Kier molecular flexibility index (Phi) is 10.8. The van der Waals surface area contributed by atoms with Crippen LogP contribution >= 0.6 is 11.8 Å². The summed E-state index contributed by atoms with van der Waals surface area (Å²) < 4.78 is 99.9. The number of anilines is 1. The van der Waals surface area contributed by atoms with Crippen LogP contribution in [-0.2, 0) is 24.6 Å². The van der Waals surface area contributed by atoms with Crippen molar-refractivity contribution in [2.45, 2.75) is 32.7 Å². The summed E-state index contributed by atoms with van der Waals surface area (Å²) >= 11 is 1.44. The van der Waals surface area contributed by atoms with Crippen molar-refractivity contribution in [3.63, 3.8) is 0 Å². The number of rotatable bonds is 12. The molecule has 0 spiro atoms. The number of sulfone groups is 1. The Morgan fingerprint density at radius 1 is 0.930 bits per heavy atom. The summed E-state index contributed by atoms with van der Waals surface area (Å²) in [5, 5.41) is 2.94.